The zero-order valence-corrected chi connectivity index (χ0v) is 13.5. The third kappa shape index (κ3) is 15.4. The number of hydrogen-bond donors (Lipinski definition) is 1. The quantitative estimate of drug-likeness (QED) is 0.244. The van der Waals surface area contributed by atoms with E-state index in [4.69, 9.17) is 9.99 Å². The molecule has 0 heterocycles. The minimum Gasteiger partial charge on any atom is -0.460 e. The van der Waals surface area contributed by atoms with Gasteiger partial charge in [0.05, 0.1) is 6.61 Å². The van der Waals surface area contributed by atoms with Crippen molar-refractivity contribution in [2.45, 2.75) is 90.6 Å². The normalized spacial score (nSPS) is 11.6. The monoisotopic (exact) mass is 288 g/mol. The van der Waals surface area contributed by atoms with E-state index < -0.39 is 0 Å². The number of unbranched alkanes of at least 4 members (excludes halogenated alkanes) is 8. The molecule has 4 heteroatoms. The Morgan fingerprint density at radius 2 is 1.30 bits per heavy atom. The maximum atomic E-state index is 11.5. The van der Waals surface area contributed by atoms with Crippen LogP contribution in [-0.2, 0) is 14.4 Å². The van der Waals surface area contributed by atoms with Crippen LogP contribution in [0.2, 0.25) is 0 Å². The van der Waals surface area contributed by atoms with E-state index in [2.05, 4.69) is 4.89 Å². The molecular weight excluding hydrogens is 256 g/mol. The Morgan fingerprint density at radius 3 is 1.75 bits per heavy atom. The number of hydrogen-bond acceptors (Lipinski definition) is 4. The van der Waals surface area contributed by atoms with Gasteiger partial charge in [-0.3, -0.25) is 10.1 Å². The second kappa shape index (κ2) is 12.2. The summed E-state index contributed by atoms with van der Waals surface area (Å²) in [7, 11) is 0. The fourth-order valence-electron chi connectivity index (χ4n) is 2.07. The van der Waals surface area contributed by atoms with Gasteiger partial charge >= 0.3 is 5.97 Å². The van der Waals surface area contributed by atoms with Crippen molar-refractivity contribution in [3.05, 3.63) is 0 Å². The number of ether oxygens (including phenoxy) is 1. The van der Waals surface area contributed by atoms with E-state index in [1.807, 2.05) is 20.8 Å². The van der Waals surface area contributed by atoms with Gasteiger partial charge in [-0.2, -0.15) is 0 Å². The van der Waals surface area contributed by atoms with Gasteiger partial charge in [0, 0.05) is 6.42 Å². The van der Waals surface area contributed by atoms with Crippen LogP contribution in [0, 0.1) is 0 Å². The summed E-state index contributed by atoms with van der Waals surface area (Å²) in [4.78, 5) is 15.5. The zero-order chi connectivity index (χ0) is 15.3. The summed E-state index contributed by atoms with van der Waals surface area (Å²) < 4.78 is 5.26. The highest BCUT2D eigenvalue weighted by Gasteiger charge is 2.15. The molecular formula is C16H32O4. The van der Waals surface area contributed by atoms with E-state index in [-0.39, 0.29) is 11.6 Å². The summed E-state index contributed by atoms with van der Waals surface area (Å²) in [5.74, 6) is -0.0800. The second-order valence-electron chi connectivity index (χ2n) is 6.35. The van der Waals surface area contributed by atoms with Gasteiger partial charge in [0.15, 0.2) is 0 Å². The minimum atomic E-state index is -0.363. The Bertz CT molecular complexity index is 233. The fraction of sp³-hybridized carbons (Fsp3) is 0.938. The van der Waals surface area contributed by atoms with E-state index in [9.17, 15) is 4.79 Å². The highest BCUT2D eigenvalue weighted by molar-refractivity contribution is 5.69. The van der Waals surface area contributed by atoms with Crippen molar-refractivity contribution in [1.29, 1.82) is 0 Å². The standard InChI is InChI=1S/C16H32O4/c1-16(2,3)20-15(17)13-11-9-7-5-4-6-8-10-12-14-19-18/h18H,4-14H2,1-3H3. The molecule has 4 nitrogen and oxygen atoms in total. The van der Waals surface area contributed by atoms with Crippen LogP contribution in [0.5, 0.6) is 0 Å². The van der Waals surface area contributed by atoms with Crippen LogP contribution in [0.4, 0.5) is 0 Å². The molecule has 0 rings (SSSR count). The Hall–Kier alpha value is -0.610. The SMILES string of the molecule is CC(C)(C)OC(=O)CCCCCCCCCCCOO. The molecule has 0 bridgehead atoms. The first kappa shape index (κ1) is 19.4. The van der Waals surface area contributed by atoms with Gasteiger partial charge < -0.3 is 4.74 Å². The number of esters is 1. The molecule has 0 fully saturated rings. The van der Waals surface area contributed by atoms with E-state index in [1.54, 1.807) is 0 Å². The average Bonchev–Trinajstić information content (AvgIpc) is 2.34. The van der Waals surface area contributed by atoms with E-state index >= 15 is 0 Å². The van der Waals surface area contributed by atoms with E-state index in [0.717, 1.165) is 25.7 Å². The molecule has 0 amide bonds. The topological polar surface area (TPSA) is 55.8 Å². The Morgan fingerprint density at radius 1 is 0.850 bits per heavy atom. The Balaban J connectivity index is 3.19. The lowest BCUT2D eigenvalue weighted by molar-refractivity contribution is -0.242. The summed E-state index contributed by atoms with van der Waals surface area (Å²) in [6.45, 7) is 6.15. The third-order valence-electron chi connectivity index (χ3n) is 3.04. The van der Waals surface area contributed by atoms with Crippen molar-refractivity contribution in [3.63, 3.8) is 0 Å². The first-order chi connectivity index (χ1) is 9.45. The molecule has 0 aliphatic rings. The van der Waals surface area contributed by atoms with Crippen molar-refractivity contribution in [2.75, 3.05) is 6.61 Å². The van der Waals surface area contributed by atoms with Gasteiger partial charge in [0.1, 0.15) is 5.60 Å². The molecule has 1 N–H and O–H groups in total. The maximum absolute atomic E-state index is 11.5. The van der Waals surface area contributed by atoms with E-state index in [1.165, 1.54) is 32.1 Å². The molecule has 0 aromatic rings. The number of rotatable bonds is 12. The predicted octanol–water partition coefficient (Wildman–Crippen LogP) is 4.72. The van der Waals surface area contributed by atoms with Crippen molar-refractivity contribution in [3.8, 4) is 0 Å². The summed E-state index contributed by atoms with van der Waals surface area (Å²) in [5.41, 5.74) is -0.363. The van der Waals surface area contributed by atoms with Gasteiger partial charge in [-0.05, 0) is 33.6 Å². The van der Waals surface area contributed by atoms with Crippen LogP contribution in [-0.4, -0.2) is 23.4 Å². The van der Waals surface area contributed by atoms with Crippen molar-refractivity contribution >= 4 is 5.97 Å². The third-order valence-corrected chi connectivity index (χ3v) is 3.04. The molecule has 0 aromatic heterocycles. The molecule has 0 aromatic carbocycles. The van der Waals surface area contributed by atoms with Crippen molar-refractivity contribution < 1.29 is 19.7 Å². The van der Waals surface area contributed by atoms with Gasteiger partial charge in [-0.15, -0.1) is 0 Å². The van der Waals surface area contributed by atoms with Crippen LogP contribution >= 0.6 is 0 Å². The van der Waals surface area contributed by atoms with Gasteiger partial charge in [0.25, 0.3) is 0 Å². The first-order valence-electron chi connectivity index (χ1n) is 7.94. The summed E-state index contributed by atoms with van der Waals surface area (Å²) in [5, 5.41) is 8.16. The highest BCUT2D eigenvalue weighted by Crippen LogP contribution is 2.13. The minimum absolute atomic E-state index is 0.0800. The van der Waals surface area contributed by atoms with Gasteiger partial charge in [0.2, 0.25) is 0 Å². The summed E-state index contributed by atoms with van der Waals surface area (Å²) in [6, 6.07) is 0. The lowest BCUT2D eigenvalue weighted by Crippen LogP contribution is -2.23. The average molecular weight is 288 g/mol. The summed E-state index contributed by atoms with van der Waals surface area (Å²) in [6.07, 6.45) is 10.8. The van der Waals surface area contributed by atoms with Crippen LogP contribution in [0.15, 0.2) is 0 Å². The number of carbonyl (C=O) groups excluding carboxylic acids is 1. The molecule has 120 valence electrons. The summed E-state index contributed by atoms with van der Waals surface area (Å²) >= 11 is 0. The highest BCUT2D eigenvalue weighted by atomic mass is 17.1. The molecule has 0 unspecified atom stereocenters. The Labute approximate surface area is 123 Å². The fourth-order valence-corrected chi connectivity index (χ4v) is 2.07. The molecule has 0 saturated carbocycles. The van der Waals surface area contributed by atoms with Gasteiger partial charge in [-0.1, -0.05) is 44.9 Å². The predicted molar refractivity (Wildman–Crippen MR) is 80.6 cm³/mol. The molecule has 0 saturated heterocycles. The second-order valence-corrected chi connectivity index (χ2v) is 6.35. The van der Waals surface area contributed by atoms with Crippen molar-refractivity contribution in [2.24, 2.45) is 0 Å². The zero-order valence-electron chi connectivity index (χ0n) is 13.5. The molecule has 0 radical (unpaired) electrons. The molecule has 0 aliphatic carbocycles. The smallest absolute Gasteiger partial charge is 0.306 e. The first-order valence-corrected chi connectivity index (χ1v) is 7.94. The lowest BCUT2D eigenvalue weighted by Gasteiger charge is -2.19. The van der Waals surface area contributed by atoms with Crippen LogP contribution < -0.4 is 0 Å². The molecule has 20 heavy (non-hydrogen) atoms. The molecule has 0 spiro atoms. The number of carbonyl (C=O) groups is 1. The molecule has 0 aliphatic heterocycles. The van der Waals surface area contributed by atoms with E-state index in [0.29, 0.717) is 13.0 Å². The largest absolute Gasteiger partial charge is 0.460 e. The molecule has 0 atom stereocenters. The maximum Gasteiger partial charge on any atom is 0.306 e. The van der Waals surface area contributed by atoms with Crippen LogP contribution in [0.3, 0.4) is 0 Å². The Kier molecular flexibility index (Phi) is 11.8. The van der Waals surface area contributed by atoms with Crippen LogP contribution in [0.25, 0.3) is 0 Å². The lowest BCUT2D eigenvalue weighted by atomic mass is 10.1. The van der Waals surface area contributed by atoms with Crippen LogP contribution in [0.1, 0.15) is 85.0 Å². The van der Waals surface area contributed by atoms with Gasteiger partial charge in [-0.25, -0.2) is 4.89 Å². The van der Waals surface area contributed by atoms with Crippen molar-refractivity contribution in [1.82, 2.24) is 0 Å².